The van der Waals surface area contributed by atoms with Crippen molar-refractivity contribution in [1.29, 1.82) is 0 Å². The lowest BCUT2D eigenvalue weighted by Gasteiger charge is -2.17. The first kappa shape index (κ1) is 23.3. The average Bonchev–Trinajstić information content (AvgIpc) is 3.08. The average molecular weight is 462 g/mol. The van der Waals surface area contributed by atoms with Crippen LogP contribution in [0.2, 0.25) is 0 Å². The van der Waals surface area contributed by atoms with Crippen molar-refractivity contribution in [3.63, 3.8) is 0 Å². The Hall–Kier alpha value is -2.36. The van der Waals surface area contributed by atoms with E-state index in [-0.39, 0.29) is 22.7 Å². The van der Waals surface area contributed by atoms with Crippen molar-refractivity contribution in [2.24, 2.45) is 4.99 Å². The Morgan fingerprint density at radius 3 is 2.61 bits per heavy atom. The molecule has 2 aromatic carbocycles. The highest BCUT2D eigenvalue weighted by molar-refractivity contribution is 8.14. The molecule has 0 saturated carbocycles. The van der Waals surface area contributed by atoms with Gasteiger partial charge in [0.2, 0.25) is 10.0 Å². The Balaban J connectivity index is 1.78. The van der Waals surface area contributed by atoms with Crippen LogP contribution in [0.1, 0.15) is 18.1 Å². The molecular formula is C22H27N3O4S2. The Morgan fingerprint density at radius 2 is 1.94 bits per heavy atom. The molecule has 1 amide bonds. The SMILES string of the molecule is Cc1ccc(OCC(=O)N2CC(C)SC2=Nc2cccc(S(=O)(=O)N(C)C)c2)cc1C. The van der Waals surface area contributed by atoms with E-state index in [9.17, 15) is 13.2 Å². The highest BCUT2D eigenvalue weighted by atomic mass is 32.2. The van der Waals surface area contributed by atoms with Crippen LogP contribution in [0.3, 0.4) is 0 Å². The van der Waals surface area contributed by atoms with E-state index in [4.69, 9.17) is 4.74 Å². The summed E-state index contributed by atoms with van der Waals surface area (Å²) in [5.41, 5.74) is 2.74. The number of nitrogens with zero attached hydrogens (tertiary/aromatic N) is 3. The smallest absolute Gasteiger partial charge is 0.266 e. The lowest BCUT2D eigenvalue weighted by atomic mass is 10.1. The van der Waals surface area contributed by atoms with Crippen LogP contribution in [0.4, 0.5) is 5.69 Å². The van der Waals surface area contributed by atoms with Crippen molar-refractivity contribution >= 4 is 38.5 Å². The van der Waals surface area contributed by atoms with Gasteiger partial charge in [0.05, 0.1) is 10.6 Å². The fourth-order valence-corrected chi connectivity index (χ4v) is 4.96. The molecule has 0 aliphatic carbocycles. The summed E-state index contributed by atoms with van der Waals surface area (Å²) in [6.07, 6.45) is 0. The standard InChI is InChI=1S/C22H27N3O4S2/c1-15-9-10-19(11-16(15)2)29-14-21(26)25-13-17(3)30-22(25)23-18-7-6-8-20(12-18)31(27,28)24(4)5/h6-12,17H,13-14H2,1-5H3. The number of carbonyl (C=O) groups is 1. The molecule has 1 aliphatic heterocycles. The van der Waals surface area contributed by atoms with E-state index in [1.54, 1.807) is 17.0 Å². The van der Waals surface area contributed by atoms with Crippen LogP contribution in [0.5, 0.6) is 5.75 Å². The van der Waals surface area contributed by atoms with Gasteiger partial charge in [0, 0.05) is 25.9 Å². The molecule has 1 fully saturated rings. The second kappa shape index (κ2) is 9.42. The molecule has 0 N–H and O–H groups in total. The molecule has 2 aromatic rings. The molecule has 7 nitrogen and oxygen atoms in total. The third-order valence-electron chi connectivity index (χ3n) is 4.94. The number of thioether (sulfide) groups is 1. The molecule has 3 rings (SSSR count). The van der Waals surface area contributed by atoms with Gasteiger partial charge in [-0.25, -0.2) is 17.7 Å². The van der Waals surface area contributed by atoms with Gasteiger partial charge in [-0.15, -0.1) is 0 Å². The van der Waals surface area contributed by atoms with E-state index in [0.29, 0.717) is 23.1 Å². The van der Waals surface area contributed by atoms with Gasteiger partial charge in [-0.1, -0.05) is 30.8 Å². The predicted octanol–water partition coefficient (Wildman–Crippen LogP) is 3.58. The number of amidine groups is 1. The van der Waals surface area contributed by atoms with E-state index in [2.05, 4.69) is 4.99 Å². The van der Waals surface area contributed by atoms with Gasteiger partial charge in [-0.2, -0.15) is 0 Å². The maximum absolute atomic E-state index is 12.8. The Labute approximate surface area is 188 Å². The Kier molecular flexibility index (Phi) is 7.08. The summed E-state index contributed by atoms with van der Waals surface area (Å²) in [4.78, 5) is 19.2. The van der Waals surface area contributed by atoms with E-state index in [1.165, 1.54) is 38.0 Å². The van der Waals surface area contributed by atoms with Gasteiger partial charge < -0.3 is 4.74 Å². The quantitative estimate of drug-likeness (QED) is 0.657. The molecule has 9 heteroatoms. The normalized spacial score (nSPS) is 18.1. The molecule has 0 aromatic heterocycles. The predicted molar refractivity (Wildman–Crippen MR) is 125 cm³/mol. The first-order valence-electron chi connectivity index (χ1n) is 9.86. The zero-order valence-electron chi connectivity index (χ0n) is 18.3. The maximum atomic E-state index is 12.8. The van der Waals surface area contributed by atoms with Gasteiger partial charge in [0.25, 0.3) is 5.91 Å². The van der Waals surface area contributed by atoms with Crippen molar-refractivity contribution in [2.45, 2.75) is 30.9 Å². The number of aliphatic imine (C=N–C) groups is 1. The third-order valence-corrected chi connectivity index (χ3v) is 7.82. The molecule has 0 spiro atoms. The van der Waals surface area contributed by atoms with Crippen LogP contribution >= 0.6 is 11.8 Å². The lowest BCUT2D eigenvalue weighted by Crippen LogP contribution is -2.36. The van der Waals surface area contributed by atoms with Crippen LogP contribution in [0.25, 0.3) is 0 Å². The van der Waals surface area contributed by atoms with Crippen LogP contribution in [0, 0.1) is 13.8 Å². The number of benzene rings is 2. The fourth-order valence-electron chi connectivity index (χ4n) is 2.97. The van der Waals surface area contributed by atoms with Crippen molar-refractivity contribution < 1.29 is 17.9 Å². The van der Waals surface area contributed by atoms with Gasteiger partial charge >= 0.3 is 0 Å². The highest BCUT2D eigenvalue weighted by Crippen LogP contribution is 2.29. The van der Waals surface area contributed by atoms with Gasteiger partial charge in [0.1, 0.15) is 5.75 Å². The monoisotopic (exact) mass is 461 g/mol. The summed E-state index contributed by atoms with van der Waals surface area (Å²) < 4.78 is 31.7. The lowest BCUT2D eigenvalue weighted by molar-refractivity contribution is -0.129. The summed E-state index contributed by atoms with van der Waals surface area (Å²) in [7, 11) is -0.594. The molecule has 0 radical (unpaired) electrons. The van der Waals surface area contributed by atoms with Crippen LogP contribution < -0.4 is 4.74 Å². The zero-order chi connectivity index (χ0) is 22.8. The van der Waals surface area contributed by atoms with E-state index < -0.39 is 10.0 Å². The van der Waals surface area contributed by atoms with Crippen molar-refractivity contribution in [1.82, 2.24) is 9.21 Å². The second-order valence-corrected chi connectivity index (χ2v) is 11.2. The van der Waals surface area contributed by atoms with Crippen molar-refractivity contribution in [2.75, 3.05) is 27.2 Å². The Morgan fingerprint density at radius 1 is 1.19 bits per heavy atom. The zero-order valence-corrected chi connectivity index (χ0v) is 20.0. The summed E-state index contributed by atoms with van der Waals surface area (Å²) in [6.45, 7) is 6.47. The minimum absolute atomic E-state index is 0.0934. The number of hydrogen-bond donors (Lipinski definition) is 0. The number of amides is 1. The first-order valence-corrected chi connectivity index (χ1v) is 12.2. The molecule has 0 bridgehead atoms. The highest BCUT2D eigenvalue weighted by Gasteiger charge is 2.31. The van der Waals surface area contributed by atoms with Crippen molar-refractivity contribution in [3.05, 3.63) is 53.6 Å². The first-order chi connectivity index (χ1) is 14.6. The molecule has 166 valence electrons. The van der Waals surface area contributed by atoms with Crippen LogP contribution in [-0.2, 0) is 14.8 Å². The van der Waals surface area contributed by atoms with Crippen LogP contribution in [-0.4, -0.2) is 61.2 Å². The molecule has 31 heavy (non-hydrogen) atoms. The summed E-state index contributed by atoms with van der Waals surface area (Å²) in [5, 5.41) is 0.721. The van der Waals surface area contributed by atoms with Gasteiger partial charge in [-0.05, 0) is 55.3 Å². The summed E-state index contributed by atoms with van der Waals surface area (Å²) >= 11 is 1.48. The minimum Gasteiger partial charge on any atom is -0.484 e. The number of ether oxygens (including phenoxy) is 1. The number of aryl methyl sites for hydroxylation is 2. The molecule has 1 aliphatic rings. The summed E-state index contributed by atoms with van der Waals surface area (Å²) in [5.74, 6) is 0.460. The number of sulfonamides is 1. The topological polar surface area (TPSA) is 79.3 Å². The van der Waals surface area contributed by atoms with Gasteiger partial charge in [0.15, 0.2) is 11.8 Å². The second-order valence-electron chi connectivity index (χ2n) is 7.65. The number of carbonyl (C=O) groups excluding carboxylic acids is 1. The summed E-state index contributed by atoms with van der Waals surface area (Å²) in [6, 6.07) is 12.1. The third kappa shape index (κ3) is 5.47. The largest absolute Gasteiger partial charge is 0.484 e. The molecule has 1 atom stereocenters. The molecule has 1 saturated heterocycles. The number of rotatable bonds is 6. The van der Waals surface area contributed by atoms with Gasteiger partial charge in [-0.3, -0.25) is 9.69 Å². The van der Waals surface area contributed by atoms with E-state index in [1.807, 2.05) is 39.0 Å². The fraction of sp³-hybridized carbons (Fsp3) is 0.364. The van der Waals surface area contributed by atoms with Crippen LogP contribution in [0.15, 0.2) is 52.4 Å². The van der Waals surface area contributed by atoms with E-state index >= 15 is 0 Å². The van der Waals surface area contributed by atoms with Crippen molar-refractivity contribution in [3.8, 4) is 5.75 Å². The Bertz CT molecular complexity index is 1110. The maximum Gasteiger partial charge on any atom is 0.266 e. The number of hydrogen-bond acceptors (Lipinski definition) is 6. The molecule has 1 heterocycles. The van der Waals surface area contributed by atoms with E-state index in [0.717, 1.165) is 15.4 Å². The molecular weight excluding hydrogens is 434 g/mol. The molecule has 1 unspecified atom stereocenters. The minimum atomic E-state index is -3.56.